The Morgan fingerprint density at radius 1 is 1.14 bits per heavy atom. The molecule has 2 aromatic carbocycles. The number of benzene rings is 2. The maximum Gasteiger partial charge on any atom is 0.265 e. The van der Waals surface area contributed by atoms with E-state index >= 15 is 0 Å². The maximum atomic E-state index is 12.5. The van der Waals surface area contributed by atoms with Crippen molar-refractivity contribution in [3.63, 3.8) is 0 Å². The van der Waals surface area contributed by atoms with Gasteiger partial charge in [-0.1, -0.05) is 0 Å². The van der Waals surface area contributed by atoms with Crippen LogP contribution in [0, 0.1) is 0 Å². The molecule has 7 heteroatoms. The van der Waals surface area contributed by atoms with Crippen LogP contribution in [0.25, 0.3) is 0 Å². The summed E-state index contributed by atoms with van der Waals surface area (Å²) in [4.78, 5) is 37.5. The summed E-state index contributed by atoms with van der Waals surface area (Å²) in [6.45, 7) is 3.79. The van der Waals surface area contributed by atoms with Gasteiger partial charge in [-0.3, -0.25) is 14.4 Å². The van der Waals surface area contributed by atoms with Crippen molar-refractivity contribution in [1.82, 2.24) is 0 Å². The molecule has 1 fully saturated rings. The molecule has 152 valence electrons. The zero-order valence-corrected chi connectivity index (χ0v) is 16.7. The molecule has 1 aliphatic rings. The number of rotatable bonds is 7. The summed E-state index contributed by atoms with van der Waals surface area (Å²) in [7, 11) is 1.53. The van der Waals surface area contributed by atoms with E-state index in [1.165, 1.54) is 14.0 Å². The average Bonchev–Trinajstić information content (AvgIpc) is 3.13. The van der Waals surface area contributed by atoms with E-state index in [9.17, 15) is 14.4 Å². The van der Waals surface area contributed by atoms with E-state index in [1.54, 1.807) is 54.3 Å². The number of nitrogens with one attached hydrogen (secondary N) is 1. The minimum Gasteiger partial charge on any atom is -0.494 e. The van der Waals surface area contributed by atoms with Crippen LogP contribution in [0.4, 0.5) is 11.4 Å². The van der Waals surface area contributed by atoms with Crippen molar-refractivity contribution in [3.8, 4) is 11.5 Å². The lowest BCUT2D eigenvalue weighted by Gasteiger charge is -2.20. The van der Waals surface area contributed by atoms with Gasteiger partial charge in [-0.2, -0.15) is 0 Å². The average molecular weight is 396 g/mol. The Balaban J connectivity index is 1.66. The van der Waals surface area contributed by atoms with Crippen molar-refractivity contribution in [3.05, 3.63) is 48.0 Å². The zero-order valence-electron chi connectivity index (χ0n) is 16.7. The number of nitrogens with zero attached hydrogens (tertiary/aromatic N) is 1. The smallest absolute Gasteiger partial charge is 0.265 e. The summed E-state index contributed by atoms with van der Waals surface area (Å²) >= 11 is 0. The van der Waals surface area contributed by atoms with Gasteiger partial charge >= 0.3 is 0 Å². The Kier molecular flexibility index (Phi) is 6.16. The van der Waals surface area contributed by atoms with Crippen molar-refractivity contribution in [2.45, 2.75) is 32.8 Å². The molecule has 1 unspecified atom stereocenters. The van der Waals surface area contributed by atoms with Crippen molar-refractivity contribution < 1.29 is 23.9 Å². The van der Waals surface area contributed by atoms with Crippen LogP contribution in [0.1, 0.15) is 37.0 Å². The number of ether oxygens (including phenoxy) is 2. The Bertz CT molecular complexity index is 923. The Morgan fingerprint density at radius 2 is 1.86 bits per heavy atom. The zero-order chi connectivity index (χ0) is 21.0. The topological polar surface area (TPSA) is 84.9 Å². The predicted octanol–water partition coefficient (Wildman–Crippen LogP) is 3.43. The Hall–Kier alpha value is -3.35. The van der Waals surface area contributed by atoms with Crippen LogP contribution in [-0.4, -0.2) is 37.4 Å². The molecule has 1 atom stereocenters. The van der Waals surface area contributed by atoms with Gasteiger partial charge in [0.05, 0.1) is 12.8 Å². The summed E-state index contributed by atoms with van der Waals surface area (Å²) in [5.74, 6) is 0.727. The number of carbonyl (C=O) groups excluding carboxylic acids is 3. The number of carbonyl (C=O) groups is 3. The second-order valence-corrected chi connectivity index (χ2v) is 6.87. The number of amides is 2. The molecule has 0 saturated carbocycles. The van der Waals surface area contributed by atoms with Crippen molar-refractivity contribution >= 4 is 29.0 Å². The van der Waals surface area contributed by atoms with E-state index < -0.39 is 6.10 Å². The molecule has 7 nitrogen and oxygen atoms in total. The quantitative estimate of drug-likeness (QED) is 0.725. The molecule has 1 heterocycles. The second-order valence-electron chi connectivity index (χ2n) is 6.87. The van der Waals surface area contributed by atoms with E-state index in [4.69, 9.17) is 9.47 Å². The second kappa shape index (κ2) is 8.77. The number of ketones is 1. The molecule has 29 heavy (non-hydrogen) atoms. The lowest BCUT2D eigenvalue weighted by Crippen LogP contribution is -2.30. The minimum atomic E-state index is -0.746. The first-order valence-corrected chi connectivity index (χ1v) is 9.46. The third kappa shape index (κ3) is 4.74. The van der Waals surface area contributed by atoms with Gasteiger partial charge in [0.1, 0.15) is 11.5 Å². The molecule has 0 bridgehead atoms. The summed E-state index contributed by atoms with van der Waals surface area (Å²) < 4.78 is 11.1. The third-order valence-corrected chi connectivity index (χ3v) is 4.75. The number of Topliss-reactive ketones (excluding diaryl/α,β-unsaturated/α-hetero) is 1. The first-order chi connectivity index (χ1) is 13.9. The molecule has 2 amide bonds. The standard InChI is InChI=1S/C22H24N2O5/c1-14(25)16-6-9-18(10-7-16)29-15(2)22(27)23-17-8-11-19(20(13-17)28-3)24-12-4-5-21(24)26/h6-11,13,15H,4-5,12H2,1-3H3,(H,23,27). The van der Waals surface area contributed by atoms with Gasteiger partial charge in [0.2, 0.25) is 5.91 Å². The van der Waals surface area contributed by atoms with E-state index in [1.807, 2.05) is 0 Å². The van der Waals surface area contributed by atoms with E-state index in [0.29, 0.717) is 41.4 Å². The van der Waals surface area contributed by atoms with Crippen LogP contribution in [0.2, 0.25) is 0 Å². The lowest BCUT2D eigenvalue weighted by molar-refractivity contribution is -0.122. The van der Waals surface area contributed by atoms with Gasteiger partial charge in [-0.15, -0.1) is 0 Å². The number of hydrogen-bond donors (Lipinski definition) is 1. The first-order valence-electron chi connectivity index (χ1n) is 9.46. The Morgan fingerprint density at radius 3 is 2.45 bits per heavy atom. The summed E-state index contributed by atoms with van der Waals surface area (Å²) in [6.07, 6.45) is 0.607. The highest BCUT2D eigenvalue weighted by Crippen LogP contribution is 2.33. The van der Waals surface area contributed by atoms with Crippen LogP contribution in [0.3, 0.4) is 0 Å². The molecule has 0 aliphatic carbocycles. The van der Waals surface area contributed by atoms with E-state index in [0.717, 1.165) is 6.42 Å². The normalized spacial score (nSPS) is 14.4. The minimum absolute atomic E-state index is 0.0321. The lowest BCUT2D eigenvalue weighted by atomic mass is 10.1. The predicted molar refractivity (Wildman–Crippen MR) is 110 cm³/mol. The fourth-order valence-corrected chi connectivity index (χ4v) is 3.15. The fourth-order valence-electron chi connectivity index (χ4n) is 3.15. The number of anilines is 2. The van der Waals surface area contributed by atoms with E-state index in [-0.39, 0.29) is 17.6 Å². The highest BCUT2D eigenvalue weighted by molar-refractivity contribution is 5.98. The summed E-state index contributed by atoms with van der Waals surface area (Å²) in [5.41, 5.74) is 1.82. The van der Waals surface area contributed by atoms with E-state index in [2.05, 4.69) is 5.32 Å². The molecule has 1 N–H and O–H groups in total. The van der Waals surface area contributed by atoms with Crippen LogP contribution in [0.15, 0.2) is 42.5 Å². The highest BCUT2D eigenvalue weighted by Gasteiger charge is 2.25. The largest absolute Gasteiger partial charge is 0.494 e. The van der Waals surface area contributed by atoms with Crippen molar-refractivity contribution in [1.29, 1.82) is 0 Å². The van der Waals surface area contributed by atoms with Gasteiger partial charge < -0.3 is 19.7 Å². The van der Waals surface area contributed by atoms with Gasteiger partial charge in [0, 0.05) is 30.3 Å². The third-order valence-electron chi connectivity index (χ3n) is 4.75. The van der Waals surface area contributed by atoms with Crippen molar-refractivity contribution in [2.75, 3.05) is 23.9 Å². The van der Waals surface area contributed by atoms with Gasteiger partial charge in [-0.25, -0.2) is 0 Å². The van der Waals surface area contributed by atoms with Crippen LogP contribution in [-0.2, 0) is 9.59 Å². The summed E-state index contributed by atoms with van der Waals surface area (Å²) in [5, 5.41) is 2.79. The first kappa shape index (κ1) is 20.4. The van der Waals surface area contributed by atoms with Crippen LogP contribution in [0.5, 0.6) is 11.5 Å². The monoisotopic (exact) mass is 396 g/mol. The number of methoxy groups -OCH3 is 1. The molecular formula is C22H24N2O5. The molecule has 0 radical (unpaired) electrons. The van der Waals surface area contributed by atoms with Gasteiger partial charge in [-0.05, 0) is 56.7 Å². The van der Waals surface area contributed by atoms with Crippen LogP contribution < -0.4 is 19.7 Å². The Labute approximate surface area is 169 Å². The molecule has 0 aromatic heterocycles. The van der Waals surface area contributed by atoms with Gasteiger partial charge in [0.25, 0.3) is 5.91 Å². The molecule has 1 aliphatic heterocycles. The highest BCUT2D eigenvalue weighted by atomic mass is 16.5. The fraction of sp³-hybridized carbons (Fsp3) is 0.318. The summed E-state index contributed by atoms with van der Waals surface area (Å²) in [6, 6.07) is 11.8. The number of hydrogen-bond acceptors (Lipinski definition) is 5. The maximum absolute atomic E-state index is 12.5. The molecule has 0 spiro atoms. The van der Waals surface area contributed by atoms with Crippen molar-refractivity contribution in [2.24, 2.45) is 0 Å². The molecular weight excluding hydrogens is 372 g/mol. The molecule has 1 saturated heterocycles. The molecule has 3 rings (SSSR count). The SMILES string of the molecule is COc1cc(NC(=O)C(C)Oc2ccc(C(C)=O)cc2)ccc1N1CCCC1=O. The van der Waals surface area contributed by atoms with Gasteiger partial charge in [0.15, 0.2) is 11.9 Å². The molecule has 2 aromatic rings. The van der Waals surface area contributed by atoms with Crippen LogP contribution >= 0.6 is 0 Å².